The van der Waals surface area contributed by atoms with Crippen LogP contribution < -0.4 is 14.8 Å². The quantitative estimate of drug-likeness (QED) is 0.745. The Bertz CT molecular complexity index is 1050. The van der Waals surface area contributed by atoms with Gasteiger partial charge in [-0.1, -0.05) is 30.3 Å². The summed E-state index contributed by atoms with van der Waals surface area (Å²) in [6.07, 6.45) is 0. The number of hydrogen-bond acceptors (Lipinski definition) is 5. The first kappa shape index (κ1) is 20.7. The number of aryl methyl sites for hydroxylation is 1. The molecule has 2 aliphatic rings. The van der Waals surface area contributed by atoms with Gasteiger partial charge in [0.25, 0.3) is 5.91 Å². The summed E-state index contributed by atoms with van der Waals surface area (Å²) < 4.78 is 11.1. The van der Waals surface area contributed by atoms with Crippen LogP contribution in [0.5, 0.6) is 11.5 Å². The molecule has 2 aromatic rings. The fourth-order valence-corrected chi connectivity index (χ4v) is 3.78. The fraction of sp³-hybridized carbons (Fsp3) is 0.348. The van der Waals surface area contributed by atoms with Crippen LogP contribution in [-0.4, -0.2) is 54.5 Å². The number of amides is 4. The first-order valence-corrected chi connectivity index (χ1v) is 10.1. The summed E-state index contributed by atoms with van der Waals surface area (Å²) >= 11 is 0. The molecule has 1 fully saturated rings. The molecule has 2 heterocycles. The van der Waals surface area contributed by atoms with Crippen LogP contribution in [-0.2, 0) is 21.7 Å². The van der Waals surface area contributed by atoms with Crippen LogP contribution in [0.15, 0.2) is 42.5 Å². The maximum atomic E-state index is 13.2. The molecule has 0 radical (unpaired) electrons. The van der Waals surface area contributed by atoms with Crippen LogP contribution in [0.3, 0.4) is 0 Å². The number of rotatable bonds is 5. The summed E-state index contributed by atoms with van der Waals surface area (Å²) in [5.74, 6) is 0.324. The van der Waals surface area contributed by atoms with E-state index in [1.54, 1.807) is 32.2 Å². The van der Waals surface area contributed by atoms with E-state index in [4.69, 9.17) is 9.47 Å². The molecule has 162 valence electrons. The van der Waals surface area contributed by atoms with Crippen LogP contribution in [0.25, 0.3) is 0 Å². The van der Waals surface area contributed by atoms with Gasteiger partial charge in [0.05, 0.1) is 0 Å². The van der Waals surface area contributed by atoms with Crippen LogP contribution >= 0.6 is 0 Å². The molecule has 8 nitrogen and oxygen atoms in total. The lowest BCUT2D eigenvalue weighted by Crippen LogP contribution is -2.43. The predicted molar refractivity (Wildman–Crippen MR) is 113 cm³/mol. The molecule has 1 saturated heterocycles. The lowest BCUT2D eigenvalue weighted by molar-refractivity contribution is -0.138. The number of nitrogens with zero attached hydrogens (tertiary/aromatic N) is 2. The van der Waals surface area contributed by atoms with E-state index in [-0.39, 0.29) is 12.5 Å². The molecule has 8 heteroatoms. The van der Waals surface area contributed by atoms with Gasteiger partial charge in [0.2, 0.25) is 5.91 Å². The number of likely N-dealkylation sites (N-methyl/N-ethyl adjacent to an activating group) is 1. The zero-order valence-electron chi connectivity index (χ0n) is 17.8. The molecule has 2 aliphatic heterocycles. The first-order valence-electron chi connectivity index (χ1n) is 10.1. The van der Waals surface area contributed by atoms with Gasteiger partial charge in [-0.15, -0.1) is 0 Å². The zero-order valence-corrected chi connectivity index (χ0v) is 17.8. The largest absolute Gasteiger partial charge is 0.486 e. The average molecular weight is 423 g/mol. The Balaban J connectivity index is 1.49. The van der Waals surface area contributed by atoms with Crippen molar-refractivity contribution in [1.29, 1.82) is 0 Å². The number of carbonyl (C=O) groups excluding carboxylic acids is 3. The van der Waals surface area contributed by atoms with E-state index in [0.29, 0.717) is 36.8 Å². The molecule has 2 aromatic carbocycles. The molecule has 0 spiro atoms. The van der Waals surface area contributed by atoms with Gasteiger partial charge < -0.3 is 19.7 Å². The van der Waals surface area contributed by atoms with Gasteiger partial charge in [-0.05, 0) is 42.7 Å². The highest BCUT2D eigenvalue weighted by molar-refractivity contribution is 6.09. The number of ether oxygens (including phenoxy) is 2. The summed E-state index contributed by atoms with van der Waals surface area (Å²) in [4.78, 5) is 41.0. The van der Waals surface area contributed by atoms with Gasteiger partial charge >= 0.3 is 6.03 Å². The van der Waals surface area contributed by atoms with Gasteiger partial charge in [-0.25, -0.2) is 4.79 Å². The second-order valence-electron chi connectivity index (χ2n) is 7.98. The molecule has 0 bridgehead atoms. The van der Waals surface area contributed by atoms with Crippen molar-refractivity contribution in [3.05, 3.63) is 59.2 Å². The molecule has 0 aliphatic carbocycles. The molecule has 1 N–H and O–H groups in total. The molecule has 31 heavy (non-hydrogen) atoms. The number of fused-ring (bicyclic) bond motifs is 1. The first-order chi connectivity index (χ1) is 14.8. The smallest absolute Gasteiger partial charge is 0.325 e. The Morgan fingerprint density at radius 1 is 1.13 bits per heavy atom. The average Bonchev–Trinajstić information content (AvgIpc) is 2.98. The minimum atomic E-state index is -1.29. The highest BCUT2D eigenvalue weighted by Gasteiger charge is 2.50. The highest BCUT2D eigenvalue weighted by Crippen LogP contribution is 2.36. The number of benzene rings is 2. The number of urea groups is 1. The summed E-state index contributed by atoms with van der Waals surface area (Å²) in [6.45, 7) is 4.55. The summed E-state index contributed by atoms with van der Waals surface area (Å²) in [7, 11) is 1.66. The third-order valence-corrected chi connectivity index (χ3v) is 5.78. The van der Waals surface area contributed by atoms with Crippen molar-refractivity contribution >= 4 is 17.8 Å². The monoisotopic (exact) mass is 423 g/mol. The SMILES string of the molecule is Cc1ccccc1CN(C)C(=O)CN1C(=O)N[C@@](C)(c2ccc3c(c2)OCCO3)C1=O. The van der Waals surface area contributed by atoms with Crippen molar-refractivity contribution in [2.24, 2.45) is 0 Å². The maximum absolute atomic E-state index is 13.2. The third kappa shape index (κ3) is 3.81. The van der Waals surface area contributed by atoms with Gasteiger partial charge in [-0.3, -0.25) is 14.5 Å². The Hall–Kier alpha value is -3.55. The Morgan fingerprint density at radius 3 is 2.58 bits per heavy atom. The van der Waals surface area contributed by atoms with Crippen molar-refractivity contribution in [3.63, 3.8) is 0 Å². The summed E-state index contributed by atoms with van der Waals surface area (Å²) in [6, 6.07) is 12.3. The van der Waals surface area contributed by atoms with Crippen molar-refractivity contribution in [2.75, 3.05) is 26.8 Å². The zero-order chi connectivity index (χ0) is 22.2. The molecule has 4 rings (SSSR count). The molecular weight excluding hydrogens is 398 g/mol. The summed E-state index contributed by atoms with van der Waals surface area (Å²) in [5.41, 5.74) is 1.36. The standard InChI is InChI=1S/C23H25N3O5/c1-15-6-4-5-7-16(15)13-25(3)20(27)14-26-21(28)23(2,24-22(26)29)17-8-9-18-19(12-17)31-11-10-30-18/h4-9,12H,10-11,13-14H2,1-3H3,(H,24,29)/t23-/m0/s1. The molecular formula is C23H25N3O5. The molecule has 0 saturated carbocycles. The van der Waals surface area contributed by atoms with Crippen LogP contribution in [0.4, 0.5) is 4.79 Å². The molecule has 4 amide bonds. The minimum Gasteiger partial charge on any atom is -0.486 e. The fourth-order valence-electron chi connectivity index (χ4n) is 3.78. The topological polar surface area (TPSA) is 88.2 Å². The molecule has 0 aromatic heterocycles. The van der Waals surface area contributed by atoms with E-state index in [0.717, 1.165) is 16.0 Å². The van der Waals surface area contributed by atoms with E-state index in [2.05, 4.69) is 5.32 Å². The predicted octanol–water partition coefficient (Wildman–Crippen LogP) is 2.19. The van der Waals surface area contributed by atoms with Crippen LogP contribution in [0.2, 0.25) is 0 Å². The van der Waals surface area contributed by atoms with Gasteiger partial charge in [-0.2, -0.15) is 0 Å². The second-order valence-corrected chi connectivity index (χ2v) is 7.98. The normalized spacial score (nSPS) is 19.9. The van der Waals surface area contributed by atoms with E-state index in [9.17, 15) is 14.4 Å². The third-order valence-electron chi connectivity index (χ3n) is 5.78. The van der Waals surface area contributed by atoms with E-state index >= 15 is 0 Å². The number of hydrogen-bond donors (Lipinski definition) is 1. The van der Waals surface area contributed by atoms with Crippen LogP contribution in [0.1, 0.15) is 23.6 Å². The Kier molecular flexibility index (Phi) is 5.31. The van der Waals surface area contributed by atoms with Gasteiger partial charge in [0, 0.05) is 13.6 Å². The molecule has 1 atom stereocenters. The van der Waals surface area contributed by atoms with Crippen molar-refractivity contribution < 1.29 is 23.9 Å². The lowest BCUT2D eigenvalue weighted by atomic mass is 9.91. The van der Waals surface area contributed by atoms with Gasteiger partial charge in [0.1, 0.15) is 25.3 Å². The minimum absolute atomic E-state index is 0.321. The van der Waals surface area contributed by atoms with Crippen molar-refractivity contribution in [3.8, 4) is 11.5 Å². The number of nitrogens with one attached hydrogen (secondary N) is 1. The van der Waals surface area contributed by atoms with Crippen molar-refractivity contribution in [2.45, 2.75) is 25.9 Å². The van der Waals surface area contributed by atoms with E-state index < -0.39 is 17.5 Å². The maximum Gasteiger partial charge on any atom is 0.325 e. The second kappa shape index (κ2) is 7.94. The number of carbonyl (C=O) groups is 3. The highest BCUT2D eigenvalue weighted by atomic mass is 16.6. The lowest BCUT2D eigenvalue weighted by Gasteiger charge is -2.25. The molecule has 0 unspecified atom stereocenters. The van der Waals surface area contributed by atoms with Gasteiger partial charge in [0.15, 0.2) is 11.5 Å². The van der Waals surface area contributed by atoms with E-state index in [1.165, 1.54) is 4.90 Å². The summed E-state index contributed by atoms with van der Waals surface area (Å²) in [5, 5.41) is 2.73. The Morgan fingerprint density at radius 2 is 1.84 bits per heavy atom. The van der Waals surface area contributed by atoms with Crippen molar-refractivity contribution in [1.82, 2.24) is 15.1 Å². The van der Waals surface area contributed by atoms with E-state index in [1.807, 2.05) is 31.2 Å². The van der Waals surface area contributed by atoms with Crippen LogP contribution in [0, 0.1) is 6.92 Å². The Labute approximate surface area is 180 Å². The number of imide groups is 1.